The van der Waals surface area contributed by atoms with Gasteiger partial charge in [0.25, 0.3) is 0 Å². The van der Waals surface area contributed by atoms with Crippen molar-refractivity contribution in [2.24, 2.45) is 5.92 Å². The Morgan fingerprint density at radius 2 is 2.12 bits per heavy atom. The summed E-state index contributed by atoms with van der Waals surface area (Å²) >= 11 is 0. The number of rotatable bonds is 2. The summed E-state index contributed by atoms with van der Waals surface area (Å²) in [5.74, 6) is -0.0141. The summed E-state index contributed by atoms with van der Waals surface area (Å²) in [5, 5.41) is 12.5. The average molecular weight is 218 g/mol. The van der Waals surface area contributed by atoms with Crippen molar-refractivity contribution in [3.05, 3.63) is 35.6 Å². The van der Waals surface area contributed by atoms with E-state index in [9.17, 15) is 9.65 Å². The zero-order valence-corrected chi connectivity index (χ0v) is 9.12. The smallest absolute Gasteiger partial charge is 0.123 e. The van der Waals surface area contributed by atoms with E-state index in [0.717, 1.165) is 31.5 Å². The summed E-state index contributed by atoms with van der Waals surface area (Å²) < 4.78 is 12.8. The van der Waals surface area contributed by atoms with Gasteiger partial charge in [-0.3, -0.25) is 0 Å². The summed E-state index contributed by atoms with van der Waals surface area (Å²) in [6, 6.07) is 8.64. The molecule has 0 saturated carbocycles. The number of halogens is 1. The van der Waals surface area contributed by atoms with Crippen molar-refractivity contribution in [3.63, 3.8) is 0 Å². The molecule has 1 N–H and O–H groups in total. The van der Waals surface area contributed by atoms with Crippen LogP contribution in [0.4, 0.5) is 4.39 Å². The van der Waals surface area contributed by atoms with Crippen LogP contribution < -0.4 is 5.32 Å². The first-order valence-electron chi connectivity index (χ1n) is 5.67. The minimum absolute atomic E-state index is 0.117. The van der Waals surface area contributed by atoms with Gasteiger partial charge in [0, 0.05) is 0 Å². The Balaban J connectivity index is 2.15. The second kappa shape index (κ2) is 5.09. The summed E-state index contributed by atoms with van der Waals surface area (Å²) in [6.45, 7) is 1.92. The predicted octanol–water partition coefficient (Wildman–Crippen LogP) is 2.43. The van der Waals surface area contributed by atoms with Crippen molar-refractivity contribution in [1.29, 1.82) is 5.26 Å². The van der Waals surface area contributed by atoms with E-state index in [2.05, 4.69) is 11.4 Å². The molecule has 1 aliphatic rings. The highest BCUT2D eigenvalue weighted by Gasteiger charge is 2.24. The molecule has 1 fully saturated rings. The van der Waals surface area contributed by atoms with Crippen LogP contribution in [0.15, 0.2) is 24.3 Å². The molecule has 2 nitrogen and oxygen atoms in total. The van der Waals surface area contributed by atoms with E-state index in [0.29, 0.717) is 5.92 Å². The summed E-state index contributed by atoms with van der Waals surface area (Å²) in [6.07, 6.45) is 2.19. The van der Waals surface area contributed by atoms with Crippen LogP contribution in [0.25, 0.3) is 0 Å². The molecule has 2 rings (SSSR count). The van der Waals surface area contributed by atoms with Crippen molar-refractivity contribution < 1.29 is 4.39 Å². The molecule has 1 aromatic carbocycles. The minimum atomic E-state index is -0.248. The molecule has 0 aromatic heterocycles. The highest BCUT2D eigenvalue weighted by Crippen LogP contribution is 2.28. The summed E-state index contributed by atoms with van der Waals surface area (Å²) in [4.78, 5) is 0. The maximum Gasteiger partial charge on any atom is 0.123 e. The Morgan fingerprint density at radius 3 is 2.69 bits per heavy atom. The number of nitriles is 1. The molecule has 0 bridgehead atoms. The second-order valence-electron chi connectivity index (χ2n) is 4.26. The first-order chi connectivity index (χ1) is 7.81. The van der Waals surface area contributed by atoms with Crippen LogP contribution in [0.2, 0.25) is 0 Å². The van der Waals surface area contributed by atoms with Crippen LogP contribution in [0.5, 0.6) is 0 Å². The third kappa shape index (κ3) is 2.40. The molecular formula is C13H15FN2. The van der Waals surface area contributed by atoms with E-state index in [1.807, 2.05) is 0 Å². The Labute approximate surface area is 95.1 Å². The van der Waals surface area contributed by atoms with Gasteiger partial charge in [0.1, 0.15) is 5.82 Å². The maximum absolute atomic E-state index is 12.8. The number of hydrogen-bond acceptors (Lipinski definition) is 2. The Morgan fingerprint density at radius 1 is 1.38 bits per heavy atom. The molecule has 0 spiro atoms. The lowest BCUT2D eigenvalue weighted by atomic mass is 9.82. The largest absolute Gasteiger partial charge is 0.316 e. The third-order valence-electron chi connectivity index (χ3n) is 3.17. The van der Waals surface area contributed by atoms with E-state index in [-0.39, 0.29) is 11.7 Å². The topological polar surface area (TPSA) is 35.8 Å². The van der Waals surface area contributed by atoms with Gasteiger partial charge in [-0.05, 0) is 49.5 Å². The van der Waals surface area contributed by atoms with Gasteiger partial charge in [0.2, 0.25) is 0 Å². The fraction of sp³-hybridized carbons (Fsp3) is 0.462. The molecule has 1 aromatic rings. The highest BCUT2D eigenvalue weighted by atomic mass is 19.1. The minimum Gasteiger partial charge on any atom is -0.316 e. The third-order valence-corrected chi connectivity index (χ3v) is 3.17. The number of hydrogen-bond donors (Lipinski definition) is 1. The molecule has 2 atom stereocenters. The average Bonchev–Trinajstić information content (AvgIpc) is 2.34. The normalized spacial score (nSPS) is 22.4. The SMILES string of the molecule is N#CC(c1ccc(F)cc1)C1CCCNC1. The summed E-state index contributed by atoms with van der Waals surface area (Å²) in [5.41, 5.74) is 0.928. The molecule has 84 valence electrons. The van der Waals surface area contributed by atoms with Crippen molar-refractivity contribution in [3.8, 4) is 6.07 Å². The van der Waals surface area contributed by atoms with Gasteiger partial charge in [0.15, 0.2) is 0 Å². The molecule has 2 unspecified atom stereocenters. The molecule has 0 aliphatic carbocycles. The first kappa shape index (κ1) is 11.1. The van der Waals surface area contributed by atoms with Gasteiger partial charge in [-0.1, -0.05) is 12.1 Å². The zero-order chi connectivity index (χ0) is 11.4. The number of nitrogens with zero attached hydrogens (tertiary/aromatic N) is 1. The molecule has 1 heterocycles. The zero-order valence-electron chi connectivity index (χ0n) is 9.12. The fourth-order valence-electron chi connectivity index (χ4n) is 2.29. The van der Waals surface area contributed by atoms with Crippen LogP contribution in [-0.2, 0) is 0 Å². The van der Waals surface area contributed by atoms with Crippen molar-refractivity contribution in [1.82, 2.24) is 5.32 Å². The van der Waals surface area contributed by atoms with Gasteiger partial charge in [0.05, 0.1) is 12.0 Å². The van der Waals surface area contributed by atoms with Crippen LogP contribution >= 0.6 is 0 Å². The van der Waals surface area contributed by atoms with Gasteiger partial charge in [-0.15, -0.1) is 0 Å². The summed E-state index contributed by atoms with van der Waals surface area (Å²) in [7, 11) is 0. The molecule has 16 heavy (non-hydrogen) atoms. The predicted molar refractivity (Wildman–Crippen MR) is 60.3 cm³/mol. The monoisotopic (exact) mass is 218 g/mol. The number of nitrogens with one attached hydrogen (secondary N) is 1. The maximum atomic E-state index is 12.8. The van der Waals surface area contributed by atoms with E-state index < -0.39 is 0 Å². The highest BCUT2D eigenvalue weighted by molar-refractivity contribution is 5.26. The first-order valence-corrected chi connectivity index (χ1v) is 5.67. The molecule has 0 amide bonds. The van der Waals surface area contributed by atoms with Crippen LogP contribution in [0.1, 0.15) is 24.3 Å². The van der Waals surface area contributed by atoms with Gasteiger partial charge >= 0.3 is 0 Å². The molecule has 3 heteroatoms. The Bertz CT molecular complexity index is 374. The quantitative estimate of drug-likeness (QED) is 0.827. The van der Waals surface area contributed by atoms with Gasteiger partial charge in [-0.2, -0.15) is 5.26 Å². The van der Waals surface area contributed by atoms with Crippen molar-refractivity contribution in [2.45, 2.75) is 18.8 Å². The number of piperidine rings is 1. The lowest BCUT2D eigenvalue weighted by molar-refractivity contribution is 0.354. The van der Waals surface area contributed by atoms with Crippen molar-refractivity contribution >= 4 is 0 Å². The number of benzene rings is 1. The van der Waals surface area contributed by atoms with E-state index in [1.54, 1.807) is 12.1 Å². The molecule has 1 aliphatic heterocycles. The lowest BCUT2D eigenvalue weighted by Gasteiger charge is -2.26. The van der Waals surface area contributed by atoms with Gasteiger partial charge in [-0.25, -0.2) is 4.39 Å². The fourth-order valence-corrected chi connectivity index (χ4v) is 2.29. The van der Waals surface area contributed by atoms with Crippen molar-refractivity contribution in [2.75, 3.05) is 13.1 Å². The molecular weight excluding hydrogens is 203 g/mol. The van der Waals surface area contributed by atoms with Crippen LogP contribution in [-0.4, -0.2) is 13.1 Å². The second-order valence-corrected chi connectivity index (χ2v) is 4.26. The Kier molecular flexibility index (Phi) is 3.53. The molecule has 0 radical (unpaired) electrons. The standard InChI is InChI=1S/C13H15FN2/c14-12-5-3-10(4-6-12)13(8-15)11-2-1-7-16-9-11/h3-6,11,13,16H,1-2,7,9H2. The van der Waals surface area contributed by atoms with Gasteiger partial charge < -0.3 is 5.32 Å². The van der Waals surface area contributed by atoms with Crippen LogP contribution in [0.3, 0.4) is 0 Å². The van der Waals surface area contributed by atoms with E-state index in [1.165, 1.54) is 12.1 Å². The Hall–Kier alpha value is -1.40. The van der Waals surface area contributed by atoms with E-state index >= 15 is 0 Å². The van der Waals surface area contributed by atoms with Crippen LogP contribution in [0, 0.1) is 23.1 Å². The molecule has 1 saturated heterocycles. The van der Waals surface area contributed by atoms with E-state index in [4.69, 9.17) is 0 Å². The lowest BCUT2D eigenvalue weighted by Crippen LogP contribution is -2.32.